The molecule has 3 rings (SSSR count). The van der Waals surface area contributed by atoms with Crippen LogP contribution < -0.4 is 11.1 Å². The molecule has 1 heterocycles. The minimum atomic E-state index is -1.38. The lowest BCUT2D eigenvalue weighted by Gasteiger charge is -2.37. The van der Waals surface area contributed by atoms with Gasteiger partial charge in [0.25, 0.3) is 0 Å². The molecule has 6 N–H and O–H groups in total. The number of aromatic hydroxyl groups is 1. The average Bonchev–Trinajstić information content (AvgIpc) is 3.12. The number of nitrogens with zero attached hydrogens (tertiary/aromatic N) is 1. The Balaban J connectivity index is 1.76. The molecule has 2 aliphatic rings. The van der Waals surface area contributed by atoms with Crippen molar-refractivity contribution in [3.63, 3.8) is 0 Å². The minimum Gasteiger partial charge on any atom is -0.508 e. The summed E-state index contributed by atoms with van der Waals surface area (Å²) in [5.74, 6) is -1.44. The fraction of sp³-hybridized carbons (Fsp3) is 0.625. The van der Waals surface area contributed by atoms with Crippen molar-refractivity contribution < 1.29 is 29.7 Å². The molecular weight excluding hydrogens is 426 g/mol. The largest absolute Gasteiger partial charge is 0.508 e. The van der Waals surface area contributed by atoms with Crippen LogP contribution in [-0.4, -0.2) is 68.3 Å². The third-order valence-corrected chi connectivity index (χ3v) is 6.72. The van der Waals surface area contributed by atoms with E-state index in [4.69, 9.17) is 5.73 Å². The number of phenols is 1. The van der Waals surface area contributed by atoms with Crippen molar-refractivity contribution in [3.05, 3.63) is 29.8 Å². The molecule has 0 radical (unpaired) electrons. The Hall–Kier alpha value is -2.65. The van der Waals surface area contributed by atoms with Gasteiger partial charge in [0.05, 0.1) is 6.10 Å². The highest BCUT2D eigenvalue weighted by Crippen LogP contribution is 2.40. The number of benzene rings is 1. The van der Waals surface area contributed by atoms with E-state index in [1.165, 1.54) is 17.0 Å². The first-order valence-electron chi connectivity index (χ1n) is 11.6. The molecule has 0 spiro atoms. The molecule has 9 heteroatoms. The fourth-order valence-electron chi connectivity index (χ4n) is 5.09. The van der Waals surface area contributed by atoms with Gasteiger partial charge >= 0.3 is 0 Å². The fourth-order valence-corrected chi connectivity index (χ4v) is 5.09. The third kappa shape index (κ3) is 6.03. The topological polar surface area (TPSA) is 153 Å². The molecule has 182 valence electrons. The van der Waals surface area contributed by atoms with Gasteiger partial charge in [-0.15, -0.1) is 0 Å². The number of nitrogens with two attached hydrogens (primary N) is 1. The molecule has 1 aliphatic heterocycles. The van der Waals surface area contributed by atoms with Crippen LogP contribution in [-0.2, 0) is 20.8 Å². The molecule has 1 aliphatic carbocycles. The molecule has 1 aromatic rings. The minimum absolute atomic E-state index is 0.0270. The molecule has 1 aromatic carbocycles. The second-order valence-corrected chi connectivity index (χ2v) is 9.77. The van der Waals surface area contributed by atoms with Crippen LogP contribution in [0.15, 0.2) is 24.3 Å². The molecule has 3 amide bonds. The number of aliphatic hydroxyl groups excluding tert-OH is 2. The van der Waals surface area contributed by atoms with Crippen molar-refractivity contribution in [2.75, 3.05) is 0 Å². The van der Waals surface area contributed by atoms with Crippen molar-refractivity contribution in [2.24, 2.45) is 17.6 Å². The summed E-state index contributed by atoms with van der Waals surface area (Å²) in [6, 6.07) is 4.16. The number of hydrogen-bond donors (Lipinski definition) is 5. The summed E-state index contributed by atoms with van der Waals surface area (Å²) in [5, 5.41) is 32.7. The van der Waals surface area contributed by atoms with E-state index in [1.54, 1.807) is 12.1 Å². The van der Waals surface area contributed by atoms with E-state index in [-0.39, 0.29) is 30.0 Å². The summed E-state index contributed by atoms with van der Waals surface area (Å²) in [6.07, 6.45) is 0.620. The average molecular weight is 462 g/mol. The zero-order chi connectivity index (χ0) is 24.3. The number of primary amides is 1. The number of rotatable bonds is 8. The van der Waals surface area contributed by atoms with Crippen molar-refractivity contribution >= 4 is 17.7 Å². The molecule has 2 fully saturated rings. The van der Waals surface area contributed by atoms with E-state index >= 15 is 0 Å². The number of amides is 3. The van der Waals surface area contributed by atoms with Gasteiger partial charge in [-0.1, -0.05) is 26.0 Å². The molecule has 2 unspecified atom stereocenters. The highest BCUT2D eigenvalue weighted by molar-refractivity contribution is 5.93. The molecular formula is C24H35N3O6. The number of nitrogens with one attached hydrogen (secondary N) is 1. The summed E-state index contributed by atoms with van der Waals surface area (Å²) < 4.78 is 0. The molecule has 33 heavy (non-hydrogen) atoms. The van der Waals surface area contributed by atoms with Crippen LogP contribution >= 0.6 is 0 Å². The normalized spacial score (nSPS) is 26.5. The summed E-state index contributed by atoms with van der Waals surface area (Å²) in [5.41, 5.74) is 6.28. The quantitative estimate of drug-likeness (QED) is 0.379. The molecule has 0 bridgehead atoms. The standard InChI is InChI=1S/C24H35N3O6/c1-13(2)9-18(26-23(32)21(30)10-14-3-6-16(28)7-4-14)24(33)27-19-12-17(29)8-5-15(19)11-20(27)22(25)31/h3-4,6-7,13,15,17-21,28-30H,5,8-12H2,1-2H3,(H2,25,31)(H,26,32)/t15-,17+,18?,19?,20-,21+/m0/s1. The van der Waals surface area contributed by atoms with Crippen molar-refractivity contribution in [3.8, 4) is 5.75 Å². The maximum absolute atomic E-state index is 13.6. The first kappa shape index (κ1) is 25.0. The molecule has 1 saturated heterocycles. The summed E-state index contributed by atoms with van der Waals surface area (Å²) in [7, 11) is 0. The Bertz CT molecular complexity index is 858. The van der Waals surface area contributed by atoms with E-state index < -0.39 is 42.0 Å². The Morgan fingerprint density at radius 2 is 1.82 bits per heavy atom. The smallest absolute Gasteiger partial charge is 0.249 e. The van der Waals surface area contributed by atoms with E-state index in [0.717, 1.165) is 0 Å². The van der Waals surface area contributed by atoms with Crippen LogP contribution in [0.3, 0.4) is 0 Å². The van der Waals surface area contributed by atoms with E-state index in [2.05, 4.69) is 5.32 Å². The van der Waals surface area contributed by atoms with Crippen LogP contribution in [0.5, 0.6) is 5.75 Å². The maximum Gasteiger partial charge on any atom is 0.249 e. The Morgan fingerprint density at radius 3 is 2.42 bits per heavy atom. The van der Waals surface area contributed by atoms with E-state index in [9.17, 15) is 29.7 Å². The second-order valence-electron chi connectivity index (χ2n) is 9.77. The van der Waals surface area contributed by atoms with Crippen molar-refractivity contribution in [2.45, 2.75) is 82.7 Å². The number of hydrogen-bond acceptors (Lipinski definition) is 6. The molecule has 9 nitrogen and oxygen atoms in total. The highest BCUT2D eigenvalue weighted by atomic mass is 16.3. The Labute approximate surface area is 194 Å². The van der Waals surface area contributed by atoms with Crippen molar-refractivity contribution in [1.82, 2.24) is 10.2 Å². The summed E-state index contributed by atoms with van der Waals surface area (Å²) in [6.45, 7) is 3.84. The van der Waals surface area contributed by atoms with Gasteiger partial charge in [-0.2, -0.15) is 0 Å². The van der Waals surface area contributed by atoms with Crippen LogP contribution in [0.25, 0.3) is 0 Å². The maximum atomic E-state index is 13.6. The lowest BCUT2D eigenvalue weighted by Crippen LogP contribution is -2.57. The number of carbonyl (C=O) groups excluding carboxylic acids is 3. The Morgan fingerprint density at radius 1 is 1.15 bits per heavy atom. The number of carbonyl (C=O) groups is 3. The van der Waals surface area contributed by atoms with Gasteiger partial charge in [0.2, 0.25) is 17.7 Å². The zero-order valence-electron chi connectivity index (χ0n) is 19.2. The Kier molecular flexibility index (Phi) is 7.97. The first-order valence-corrected chi connectivity index (χ1v) is 11.6. The van der Waals surface area contributed by atoms with E-state index in [0.29, 0.717) is 37.7 Å². The van der Waals surface area contributed by atoms with Crippen LogP contribution in [0.2, 0.25) is 0 Å². The second kappa shape index (κ2) is 10.5. The molecule has 0 aromatic heterocycles. The highest BCUT2D eigenvalue weighted by Gasteiger charge is 2.49. The first-order chi connectivity index (χ1) is 15.6. The zero-order valence-corrected chi connectivity index (χ0v) is 19.2. The molecule has 6 atom stereocenters. The predicted octanol–water partition coefficient (Wildman–Crippen LogP) is 0.442. The third-order valence-electron chi connectivity index (χ3n) is 6.72. The number of fused-ring (bicyclic) bond motifs is 1. The number of phenolic OH excluding ortho intramolecular Hbond substituents is 1. The van der Waals surface area contributed by atoms with Gasteiger partial charge in [-0.3, -0.25) is 14.4 Å². The van der Waals surface area contributed by atoms with Gasteiger partial charge in [0.1, 0.15) is 23.9 Å². The van der Waals surface area contributed by atoms with Crippen molar-refractivity contribution in [1.29, 1.82) is 0 Å². The van der Waals surface area contributed by atoms with E-state index in [1.807, 2.05) is 13.8 Å². The van der Waals surface area contributed by atoms with Crippen LogP contribution in [0, 0.1) is 11.8 Å². The van der Waals surface area contributed by atoms with Gasteiger partial charge in [0.15, 0.2) is 0 Å². The SMILES string of the molecule is CC(C)CC(NC(=O)[C@H](O)Cc1ccc(O)cc1)C(=O)N1C2C[C@H](O)CC[C@H]2C[C@H]1C(N)=O. The van der Waals surface area contributed by atoms with Gasteiger partial charge in [-0.25, -0.2) is 0 Å². The van der Waals surface area contributed by atoms with Gasteiger partial charge in [-0.05, 0) is 61.6 Å². The van der Waals surface area contributed by atoms with Gasteiger partial charge in [0, 0.05) is 12.5 Å². The number of aliphatic hydroxyl groups is 2. The lowest BCUT2D eigenvalue weighted by atomic mass is 9.83. The van der Waals surface area contributed by atoms with Crippen LogP contribution in [0.4, 0.5) is 0 Å². The predicted molar refractivity (Wildman–Crippen MR) is 121 cm³/mol. The number of likely N-dealkylation sites (tertiary alicyclic amines) is 1. The monoisotopic (exact) mass is 461 g/mol. The van der Waals surface area contributed by atoms with Crippen LogP contribution in [0.1, 0.15) is 51.5 Å². The lowest BCUT2D eigenvalue weighted by molar-refractivity contribution is -0.145. The summed E-state index contributed by atoms with van der Waals surface area (Å²) >= 11 is 0. The summed E-state index contributed by atoms with van der Waals surface area (Å²) in [4.78, 5) is 40.0. The molecule has 1 saturated carbocycles. The van der Waals surface area contributed by atoms with Gasteiger partial charge < -0.3 is 31.3 Å².